The minimum atomic E-state index is -0.632. The molecule has 0 saturated heterocycles. The summed E-state index contributed by atoms with van der Waals surface area (Å²) in [6, 6.07) is 11.3. The molecule has 2 aromatic carbocycles. The van der Waals surface area contributed by atoms with Crippen LogP contribution in [-0.2, 0) is 16.1 Å². The molecule has 2 aromatic rings. The summed E-state index contributed by atoms with van der Waals surface area (Å²) in [6.07, 6.45) is 0. The van der Waals surface area contributed by atoms with E-state index in [9.17, 15) is 14.7 Å². The highest BCUT2D eigenvalue weighted by Crippen LogP contribution is 2.38. The number of amides is 2. The minimum absolute atomic E-state index is 0.0340. The molecule has 0 radical (unpaired) electrons. The van der Waals surface area contributed by atoms with Gasteiger partial charge in [-0.25, -0.2) is 0 Å². The van der Waals surface area contributed by atoms with Crippen LogP contribution >= 0.6 is 0 Å². The summed E-state index contributed by atoms with van der Waals surface area (Å²) in [5.74, 6) is -0.827. The Labute approximate surface area is 158 Å². The highest BCUT2D eigenvalue weighted by atomic mass is 16.5. The lowest BCUT2D eigenvalue weighted by Crippen LogP contribution is -2.45. The van der Waals surface area contributed by atoms with Crippen LogP contribution < -0.4 is 10.1 Å². The van der Waals surface area contributed by atoms with Crippen molar-refractivity contribution in [3.05, 3.63) is 47.5 Å². The van der Waals surface area contributed by atoms with Gasteiger partial charge in [0.05, 0.1) is 13.1 Å². The van der Waals surface area contributed by atoms with Crippen molar-refractivity contribution in [1.82, 2.24) is 10.2 Å². The van der Waals surface area contributed by atoms with Crippen LogP contribution in [0.1, 0.15) is 25.0 Å². The summed E-state index contributed by atoms with van der Waals surface area (Å²) in [5.41, 5.74) is 3.59. The summed E-state index contributed by atoms with van der Waals surface area (Å²) in [4.78, 5) is 26.0. The molecule has 27 heavy (non-hydrogen) atoms. The van der Waals surface area contributed by atoms with E-state index >= 15 is 0 Å². The van der Waals surface area contributed by atoms with Crippen LogP contribution in [0.25, 0.3) is 11.1 Å². The zero-order valence-corrected chi connectivity index (χ0v) is 15.8. The first-order chi connectivity index (χ1) is 12.9. The molecule has 0 bridgehead atoms. The van der Waals surface area contributed by atoms with E-state index in [1.807, 2.05) is 37.3 Å². The van der Waals surface area contributed by atoms with E-state index in [2.05, 4.69) is 5.32 Å². The number of aromatic hydroxyl groups is 1. The number of phenolic OH excluding ortho intramolecular Hbond substituents is 1. The van der Waals surface area contributed by atoms with Gasteiger partial charge in [-0.15, -0.1) is 0 Å². The summed E-state index contributed by atoms with van der Waals surface area (Å²) < 4.78 is 5.67. The molecule has 2 amide bonds. The van der Waals surface area contributed by atoms with E-state index in [4.69, 9.17) is 4.74 Å². The van der Waals surface area contributed by atoms with Crippen LogP contribution in [0.3, 0.4) is 0 Å². The smallest absolute Gasteiger partial charge is 0.312 e. The van der Waals surface area contributed by atoms with Gasteiger partial charge in [0.1, 0.15) is 6.61 Å². The van der Waals surface area contributed by atoms with E-state index in [-0.39, 0.29) is 31.5 Å². The van der Waals surface area contributed by atoms with Gasteiger partial charge >= 0.3 is 11.8 Å². The topological polar surface area (TPSA) is 78.9 Å². The van der Waals surface area contributed by atoms with Crippen LogP contribution in [0.15, 0.2) is 36.4 Å². The van der Waals surface area contributed by atoms with Crippen LogP contribution in [0.5, 0.6) is 11.5 Å². The fraction of sp³-hybridized carbons (Fsp3) is 0.333. The lowest BCUT2D eigenvalue weighted by molar-refractivity contribution is -0.146. The number of carbonyl (C=O) groups is 2. The van der Waals surface area contributed by atoms with Crippen molar-refractivity contribution in [2.45, 2.75) is 33.4 Å². The Morgan fingerprint density at radius 3 is 2.67 bits per heavy atom. The van der Waals surface area contributed by atoms with Gasteiger partial charge in [0.25, 0.3) is 0 Å². The van der Waals surface area contributed by atoms with Crippen LogP contribution in [-0.4, -0.2) is 41.0 Å². The number of fused-ring (bicyclic) bond motifs is 1. The Hall–Kier alpha value is -3.02. The number of nitrogens with zero attached hydrogens (tertiary/aromatic N) is 1. The van der Waals surface area contributed by atoms with E-state index in [1.165, 1.54) is 4.90 Å². The maximum Gasteiger partial charge on any atom is 0.312 e. The Kier molecular flexibility index (Phi) is 5.35. The average molecular weight is 368 g/mol. The normalized spacial score (nSPS) is 13.6. The molecule has 6 heteroatoms. The third-order valence-corrected chi connectivity index (χ3v) is 4.47. The van der Waals surface area contributed by atoms with Crippen molar-refractivity contribution >= 4 is 11.8 Å². The van der Waals surface area contributed by atoms with Crippen LogP contribution in [0, 0.1) is 6.92 Å². The highest BCUT2D eigenvalue weighted by molar-refractivity contribution is 6.35. The van der Waals surface area contributed by atoms with Gasteiger partial charge in [0.15, 0.2) is 11.5 Å². The second-order valence-corrected chi connectivity index (χ2v) is 7.00. The quantitative estimate of drug-likeness (QED) is 0.799. The van der Waals surface area contributed by atoms with Gasteiger partial charge < -0.3 is 20.1 Å². The highest BCUT2D eigenvalue weighted by Gasteiger charge is 2.27. The van der Waals surface area contributed by atoms with Crippen molar-refractivity contribution in [3.63, 3.8) is 0 Å². The van der Waals surface area contributed by atoms with E-state index in [1.54, 1.807) is 19.9 Å². The summed E-state index contributed by atoms with van der Waals surface area (Å²) in [6.45, 7) is 6.30. The minimum Gasteiger partial charge on any atom is -0.504 e. The Bertz CT molecular complexity index is 876. The molecule has 1 aliphatic heterocycles. The first-order valence-electron chi connectivity index (χ1n) is 9.01. The summed E-state index contributed by atoms with van der Waals surface area (Å²) in [7, 11) is 0. The van der Waals surface area contributed by atoms with Gasteiger partial charge in [0, 0.05) is 11.6 Å². The maximum absolute atomic E-state index is 12.5. The number of aryl methyl sites for hydroxylation is 1. The molecule has 1 aliphatic rings. The number of rotatable bonds is 2. The molecule has 2 N–H and O–H groups in total. The molecule has 142 valence electrons. The van der Waals surface area contributed by atoms with Crippen LogP contribution in [0.2, 0.25) is 0 Å². The third kappa shape index (κ3) is 4.05. The fourth-order valence-electron chi connectivity index (χ4n) is 3.19. The molecule has 0 fully saturated rings. The molecule has 0 atom stereocenters. The maximum atomic E-state index is 12.5. The van der Waals surface area contributed by atoms with Crippen molar-refractivity contribution in [1.29, 1.82) is 0 Å². The van der Waals surface area contributed by atoms with E-state index in [0.717, 1.165) is 16.7 Å². The molecule has 0 unspecified atom stereocenters. The molecule has 3 rings (SSSR count). The number of ether oxygens (including phenoxy) is 1. The standard InChI is InChI=1S/C21H24N2O4/c1-13(2)22-20(25)21(26)23-8-9-27-19-16(12-23)10-15(11-18(19)24)17-7-5-4-6-14(17)3/h4-7,10-11,13,24H,8-9,12H2,1-3H3,(H,22,25). The number of hydrogen-bond acceptors (Lipinski definition) is 4. The van der Waals surface area contributed by atoms with Gasteiger partial charge in [-0.2, -0.15) is 0 Å². The zero-order valence-electron chi connectivity index (χ0n) is 15.8. The fourth-order valence-corrected chi connectivity index (χ4v) is 3.19. The number of nitrogens with one attached hydrogen (secondary N) is 1. The van der Waals surface area contributed by atoms with Crippen molar-refractivity contribution in [2.75, 3.05) is 13.2 Å². The Morgan fingerprint density at radius 2 is 1.96 bits per heavy atom. The predicted molar refractivity (Wildman–Crippen MR) is 102 cm³/mol. The summed E-state index contributed by atoms with van der Waals surface area (Å²) in [5, 5.41) is 13.1. The average Bonchev–Trinajstić information content (AvgIpc) is 2.83. The lowest BCUT2D eigenvalue weighted by atomic mass is 9.98. The molecule has 0 spiro atoms. The molecular weight excluding hydrogens is 344 g/mol. The molecule has 0 saturated carbocycles. The van der Waals surface area contributed by atoms with Gasteiger partial charge in [-0.05, 0) is 49.6 Å². The lowest BCUT2D eigenvalue weighted by Gasteiger charge is -2.20. The zero-order chi connectivity index (χ0) is 19.6. The number of hydrogen-bond donors (Lipinski definition) is 2. The van der Waals surface area contributed by atoms with E-state index < -0.39 is 11.8 Å². The molecule has 0 aromatic heterocycles. The molecule has 0 aliphatic carbocycles. The first kappa shape index (κ1) is 18.8. The number of carbonyl (C=O) groups excluding carboxylic acids is 2. The molecular formula is C21H24N2O4. The van der Waals surface area contributed by atoms with Gasteiger partial charge in [-0.3, -0.25) is 9.59 Å². The van der Waals surface area contributed by atoms with Gasteiger partial charge in [0.2, 0.25) is 0 Å². The van der Waals surface area contributed by atoms with Crippen molar-refractivity contribution < 1.29 is 19.4 Å². The summed E-state index contributed by atoms with van der Waals surface area (Å²) >= 11 is 0. The van der Waals surface area contributed by atoms with E-state index in [0.29, 0.717) is 11.3 Å². The molecule has 6 nitrogen and oxygen atoms in total. The second kappa shape index (κ2) is 7.70. The third-order valence-electron chi connectivity index (χ3n) is 4.47. The van der Waals surface area contributed by atoms with Crippen molar-refractivity contribution in [2.24, 2.45) is 0 Å². The monoisotopic (exact) mass is 368 g/mol. The van der Waals surface area contributed by atoms with Gasteiger partial charge in [-0.1, -0.05) is 24.3 Å². The largest absolute Gasteiger partial charge is 0.504 e. The predicted octanol–water partition coefficient (Wildman–Crippen LogP) is 2.61. The number of phenols is 1. The van der Waals surface area contributed by atoms with Crippen LogP contribution in [0.4, 0.5) is 0 Å². The first-order valence-corrected chi connectivity index (χ1v) is 9.01. The Morgan fingerprint density at radius 1 is 1.22 bits per heavy atom. The Balaban J connectivity index is 1.93. The molecule has 1 heterocycles. The SMILES string of the molecule is Cc1ccccc1-c1cc(O)c2c(c1)CN(C(=O)C(=O)NC(C)C)CCO2. The second-order valence-electron chi connectivity index (χ2n) is 7.00. The van der Waals surface area contributed by atoms with Crippen molar-refractivity contribution in [3.8, 4) is 22.6 Å². The number of benzene rings is 2.